The first-order valence-corrected chi connectivity index (χ1v) is 7.78. The second-order valence-corrected chi connectivity index (χ2v) is 6.39. The molecule has 1 saturated carbocycles. The van der Waals surface area contributed by atoms with Crippen LogP contribution in [0.4, 0.5) is 4.39 Å². The molecule has 3 heteroatoms. The fourth-order valence-electron chi connectivity index (χ4n) is 3.77. The highest BCUT2D eigenvalue weighted by Crippen LogP contribution is 2.46. The monoisotopic (exact) mass is 278 g/mol. The van der Waals surface area contributed by atoms with Gasteiger partial charge in [0.1, 0.15) is 17.2 Å². The Kier molecular flexibility index (Phi) is 3.72. The first-order valence-electron chi connectivity index (χ1n) is 7.78. The molecule has 1 spiro atoms. The van der Waals surface area contributed by atoms with Gasteiger partial charge in [0.25, 0.3) is 0 Å². The highest BCUT2D eigenvalue weighted by Gasteiger charge is 2.41. The zero-order chi connectivity index (χ0) is 14.2. The van der Waals surface area contributed by atoms with Crippen molar-refractivity contribution in [1.82, 2.24) is 0 Å². The van der Waals surface area contributed by atoms with Gasteiger partial charge in [0.15, 0.2) is 0 Å². The summed E-state index contributed by atoms with van der Waals surface area (Å²) in [6, 6.07) is 4.48. The summed E-state index contributed by atoms with van der Waals surface area (Å²) in [5.74, 6) is 1.14. The van der Waals surface area contributed by atoms with Crippen molar-refractivity contribution in [2.45, 2.75) is 63.6 Å². The summed E-state index contributed by atoms with van der Waals surface area (Å²) in [6.45, 7) is 2.25. The van der Waals surface area contributed by atoms with Crippen molar-refractivity contribution < 1.29 is 14.2 Å². The van der Waals surface area contributed by atoms with E-state index in [0.29, 0.717) is 17.7 Å². The fourth-order valence-corrected chi connectivity index (χ4v) is 3.77. The predicted octanol–water partition coefficient (Wildman–Crippen LogP) is 4.37. The van der Waals surface area contributed by atoms with Gasteiger partial charge in [-0.25, -0.2) is 4.39 Å². The normalized spacial score (nSPS) is 33.4. The number of aliphatic hydroxyl groups is 1. The van der Waals surface area contributed by atoms with Crippen LogP contribution in [0.5, 0.6) is 5.75 Å². The van der Waals surface area contributed by atoms with E-state index in [-0.39, 0.29) is 11.4 Å². The van der Waals surface area contributed by atoms with Crippen molar-refractivity contribution in [3.05, 3.63) is 29.6 Å². The predicted molar refractivity (Wildman–Crippen MR) is 76.2 cm³/mol. The lowest BCUT2D eigenvalue weighted by Gasteiger charge is -2.40. The molecule has 110 valence electrons. The van der Waals surface area contributed by atoms with Gasteiger partial charge in [0.05, 0.1) is 6.10 Å². The minimum Gasteiger partial charge on any atom is -0.487 e. The Morgan fingerprint density at radius 3 is 3.00 bits per heavy atom. The molecule has 1 heterocycles. The molecule has 0 amide bonds. The Balaban J connectivity index is 1.85. The molecule has 1 aliphatic heterocycles. The van der Waals surface area contributed by atoms with E-state index in [1.54, 1.807) is 6.07 Å². The van der Waals surface area contributed by atoms with E-state index in [1.807, 2.05) is 0 Å². The third-order valence-corrected chi connectivity index (χ3v) is 5.05. The lowest BCUT2D eigenvalue weighted by atomic mass is 9.83. The lowest BCUT2D eigenvalue weighted by Crippen LogP contribution is -2.40. The molecule has 0 radical (unpaired) electrons. The van der Waals surface area contributed by atoms with Gasteiger partial charge in [0.2, 0.25) is 0 Å². The molecule has 1 aromatic carbocycles. The van der Waals surface area contributed by atoms with Crippen LogP contribution in [0, 0.1) is 11.7 Å². The summed E-state index contributed by atoms with van der Waals surface area (Å²) in [6.07, 6.45) is 6.79. The third kappa shape index (κ3) is 2.56. The molecule has 1 aromatic rings. The fraction of sp³-hybridized carbons (Fsp3) is 0.647. The van der Waals surface area contributed by atoms with Crippen LogP contribution in [0.25, 0.3) is 0 Å². The number of benzene rings is 1. The summed E-state index contributed by atoms with van der Waals surface area (Å²) >= 11 is 0. The first-order chi connectivity index (χ1) is 9.62. The molecule has 20 heavy (non-hydrogen) atoms. The average Bonchev–Trinajstić information content (AvgIpc) is 2.62. The van der Waals surface area contributed by atoms with Gasteiger partial charge < -0.3 is 9.84 Å². The maximum Gasteiger partial charge on any atom is 0.126 e. The number of fused-ring (bicyclic) bond motifs is 1. The van der Waals surface area contributed by atoms with E-state index in [9.17, 15) is 9.50 Å². The standard InChI is InChI=1S/C17H23FO2/c1-2-12-4-3-8-17(9-7-12)11-15(19)14-10-13(18)5-6-16(14)20-17/h5-6,10,12,15,19H,2-4,7-9,11H2,1H3/t12?,15-,17?/m0/s1. The average molecular weight is 278 g/mol. The maximum atomic E-state index is 13.3. The zero-order valence-corrected chi connectivity index (χ0v) is 12.1. The van der Waals surface area contributed by atoms with Gasteiger partial charge in [-0.2, -0.15) is 0 Å². The molecule has 2 unspecified atom stereocenters. The van der Waals surface area contributed by atoms with Crippen LogP contribution >= 0.6 is 0 Å². The Hall–Kier alpha value is -1.09. The van der Waals surface area contributed by atoms with E-state index in [0.717, 1.165) is 25.2 Å². The van der Waals surface area contributed by atoms with Crippen LogP contribution in [0.15, 0.2) is 18.2 Å². The van der Waals surface area contributed by atoms with E-state index in [1.165, 1.54) is 31.4 Å². The third-order valence-electron chi connectivity index (χ3n) is 5.05. The summed E-state index contributed by atoms with van der Waals surface area (Å²) in [5, 5.41) is 10.4. The Bertz CT molecular complexity index is 488. The van der Waals surface area contributed by atoms with Gasteiger partial charge in [0, 0.05) is 12.0 Å². The molecule has 3 rings (SSSR count). The van der Waals surface area contributed by atoms with Crippen LogP contribution in [0.1, 0.15) is 63.5 Å². The molecule has 0 bridgehead atoms. The van der Waals surface area contributed by atoms with Gasteiger partial charge >= 0.3 is 0 Å². The number of aliphatic hydroxyl groups excluding tert-OH is 1. The van der Waals surface area contributed by atoms with Crippen molar-refractivity contribution in [2.75, 3.05) is 0 Å². The minimum absolute atomic E-state index is 0.242. The van der Waals surface area contributed by atoms with Crippen LogP contribution in [-0.2, 0) is 0 Å². The summed E-state index contributed by atoms with van der Waals surface area (Å²) < 4.78 is 19.5. The van der Waals surface area contributed by atoms with Gasteiger partial charge in [-0.15, -0.1) is 0 Å². The van der Waals surface area contributed by atoms with Gasteiger partial charge in [-0.05, 0) is 49.8 Å². The van der Waals surface area contributed by atoms with E-state index >= 15 is 0 Å². The quantitative estimate of drug-likeness (QED) is 0.826. The van der Waals surface area contributed by atoms with Gasteiger partial charge in [-0.3, -0.25) is 0 Å². The van der Waals surface area contributed by atoms with E-state index in [4.69, 9.17) is 4.74 Å². The summed E-state index contributed by atoms with van der Waals surface area (Å²) in [7, 11) is 0. The van der Waals surface area contributed by atoms with Gasteiger partial charge in [-0.1, -0.05) is 19.8 Å². The molecule has 0 saturated heterocycles. The molecule has 2 aliphatic rings. The van der Waals surface area contributed by atoms with Crippen LogP contribution in [0.2, 0.25) is 0 Å². The molecule has 1 aliphatic carbocycles. The van der Waals surface area contributed by atoms with E-state index in [2.05, 4.69) is 6.92 Å². The van der Waals surface area contributed by atoms with Crippen LogP contribution in [0.3, 0.4) is 0 Å². The number of ether oxygens (including phenoxy) is 1. The lowest BCUT2D eigenvalue weighted by molar-refractivity contribution is -0.0253. The Morgan fingerprint density at radius 2 is 2.20 bits per heavy atom. The SMILES string of the molecule is CCC1CCCC2(CC1)C[C@H](O)c1cc(F)ccc1O2. The smallest absolute Gasteiger partial charge is 0.126 e. The molecule has 2 nitrogen and oxygen atoms in total. The molecule has 1 fully saturated rings. The number of hydrogen-bond acceptors (Lipinski definition) is 2. The van der Waals surface area contributed by atoms with Crippen LogP contribution < -0.4 is 4.74 Å². The second kappa shape index (κ2) is 5.36. The number of rotatable bonds is 1. The molecule has 1 N–H and O–H groups in total. The largest absolute Gasteiger partial charge is 0.487 e. The molecule has 3 atom stereocenters. The number of hydrogen-bond donors (Lipinski definition) is 1. The molecular formula is C17H23FO2. The molecular weight excluding hydrogens is 255 g/mol. The number of halogens is 1. The Labute approximate surface area is 120 Å². The topological polar surface area (TPSA) is 29.5 Å². The van der Waals surface area contributed by atoms with Crippen molar-refractivity contribution in [3.8, 4) is 5.75 Å². The van der Waals surface area contributed by atoms with Crippen molar-refractivity contribution in [2.24, 2.45) is 5.92 Å². The highest BCUT2D eigenvalue weighted by molar-refractivity contribution is 5.38. The Morgan fingerprint density at radius 1 is 1.35 bits per heavy atom. The van der Waals surface area contributed by atoms with Crippen LogP contribution in [-0.4, -0.2) is 10.7 Å². The maximum absolute atomic E-state index is 13.3. The first kappa shape index (κ1) is 13.9. The minimum atomic E-state index is -0.604. The zero-order valence-electron chi connectivity index (χ0n) is 12.1. The highest BCUT2D eigenvalue weighted by atomic mass is 19.1. The van der Waals surface area contributed by atoms with Crippen molar-refractivity contribution in [1.29, 1.82) is 0 Å². The molecule has 0 aromatic heterocycles. The second-order valence-electron chi connectivity index (χ2n) is 6.39. The van der Waals surface area contributed by atoms with Crippen molar-refractivity contribution >= 4 is 0 Å². The summed E-state index contributed by atoms with van der Waals surface area (Å²) in [5.41, 5.74) is 0.362. The van der Waals surface area contributed by atoms with Crippen molar-refractivity contribution in [3.63, 3.8) is 0 Å². The van der Waals surface area contributed by atoms with E-state index < -0.39 is 6.10 Å². The summed E-state index contributed by atoms with van der Waals surface area (Å²) in [4.78, 5) is 0.